The predicted octanol–water partition coefficient (Wildman–Crippen LogP) is 1.56. The number of hydrogen-bond acceptors (Lipinski definition) is 4. The van der Waals surface area contributed by atoms with Crippen molar-refractivity contribution in [3.05, 3.63) is 35.9 Å². The van der Waals surface area contributed by atoms with Crippen LogP contribution >= 0.6 is 0 Å². The molecule has 5 nitrogen and oxygen atoms in total. The summed E-state index contributed by atoms with van der Waals surface area (Å²) in [5.74, 6) is -1.51. The second kappa shape index (κ2) is 7.53. The lowest BCUT2D eigenvalue weighted by molar-refractivity contribution is -0.146. The first-order valence-corrected chi connectivity index (χ1v) is 6.17. The van der Waals surface area contributed by atoms with E-state index in [0.29, 0.717) is 0 Å². The van der Waals surface area contributed by atoms with Gasteiger partial charge in [0.1, 0.15) is 12.6 Å². The Kier molecular flexibility index (Phi) is 6.02. The van der Waals surface area contributed by atoms with Gasteiger partial charge in [0.05, 0.1) is 0 Å². The minimum Gasteiger partial charge on any atom is -0.480 e. The molecule has 104 valence electrons. The third kappa shape index (κ3) is 6.01. The van der Waals surface area contributed by atoms with E-state index in [1.165, 1.54) is 0 Å². The summed E-state index contributed by atoms with van der Waals surface area (Å²) >= 11 is 0. The molecule has 19 heavy (non-hydrogen) atoms. The van der Waals surface area contributed by atoms with Crippen molar-refractivity contribution in [2.45, 2.75) is 32.4 Å². The van der Waals surface area contributed by atoms with E-state index in [2.05, 4.69) is 0 Å². The molecule has 1 unspecified atom stereocenters. The molecule has 0 heterocycles. The quantitative estimate of drug-likeness (QED) is 0.730. The summed E-state index contributed by atoms with van der Waals surface area (Å²) in [4.78, 5) is 22.2. The SMILES string of the molecule is CC(CC(=O)OCc1ccccc1)C[C@H](N)C(=O)O. The summed E-state index contributed by atoms with van der Waals surface area (Å²) in [6, 6.07) is 8.45. The van der Waals surface area contributed by atoms with E-state index in [4.69, 9.17) is 15.6 Å². The molecule has 0 saturated heterocycles. The largest absolute Gasteiger partial charge is 0.480 e. The molecule has 1 aromatic rings. The monoisotopic (exact) mass is 265 g/mol. The van der Waals surface area contributed by atoms with E-state index in [0.717, 1.165) is 5.56 Å². The Bertz CT molecular complexity index is 419. The molecule has 0 bridgehead atoms. The van der Waals surface area contributed by atoms with Gasteiger partial charge < -0.3 is 15.6 Å². The molecule has 1 aromatic carbocycles. The molecule has 0 spiro atoms. The second-order valence-corrected chi connectivity index (χ2v) is 4.64. The number of rotatable bonds is 7. The van der Waals surface area contributed by atoms with Crippen LogP contribution in [0.3, 0.4) is 0 Å². The maximum Gasteiger partial charge on any atom is 0.320 e. The predicted molar refractivity (Wildman–Crippen MR) is 70.2 cm³/mol. The average Bonchev–Trinajstić information content (AvgIpc) is 2.37. The summed E-state index contributed by atoms with van der Waals surface area (Å²) in [7, 11) is 0. The van der Waals surface area contributed by atoms with E-state index in [9.17, 15) is 9.59 Å². The van der Waals surface area contributed by atoms with Crippen LogP contribution in [0.4, 0.5) is 0 Å². The Morgan fingerprint density at radius 3 is 2.53 bits per heavy atom. The maximum absolute atomic E-state index is 11.6. The Labute approximate surface area is 112 Å². The van der Waals surface area contributed by atoms with Gasteiger partial charge in [-0.1, -0.05) is 37.3 Å². The van der Waals surface area contributed by atoms with Gasteiger partial charge in [-0.05, 0) is 17.9 Å². The van der Waals surface area contributed by atoms with E-state index in [1.807, 2.05) is 30.3 Å². The summed E-state index contributed by atoms with van der Waals surface area (Å²) in [6.45, 7) is 2.02. The van der Waals surface area contributed by atoms with E-state index in [1.54, 1.807) is 6.92 Å². The van der Waals surface area contributed by atoms with Crippen molar-refractivity contribution in [2.24, 2.45) is 11.7 Å². The van der Waals surface area contributed by atoms with Crippen molar-refractivity contribution in [2.75, 3.05) is 0 Å². The van der Waals surface area contributed by atoms with Crippen LogP contribution < -0.4 is 5.73 Å². The Morgan fingerprint density at radius 1 is 1.32 bits per heavy atom. The lowest BCUT2D eigenvalue weighted by Gasteiger charge is -2.13. The lowest BCUT2D eigenvalue weighted by atomic mass is 9.99. The molecule has 0 aromatic heterocycles. The van der Waals surface area contributed by atoms with Crippen LogP contribution in [0.2, 0.25) is 0 Å². The molecule has 0 radical (unpaired) electrons. The van der Waals surface area contributed by atoms with Gasteiger partial charge in [0, 0.05) is 6.42 Å². The van der Waals surface area contributed by atoms with E-state index >= 15 is 0 Å². The van der Waals surface area contributed by atoms with E-state index < -0.39 is 12.0 Å². The van der Waals surface area contributed by atoms with Gasteiger partial charge in [-0.3, -0.25) is 9.59 Å². The third-order valence-corrected chi connectivity index (χ3v) is 2.73. The standard InChI is InChI=1S/C14H19NO4/c1-10(7-12(15)14(17)18)8-13(16)19-9-11-5-3-2-4-6-11/h2-6,10,12H,7-9,15H2,1H3,(H,17,18)/t10?,12-/m0/s1. The molecule has 0 saturated carbocycles. The van der Waals surface area contributed by atoms with Gasteiger partial charge in [0.25, 0.3) is 0 Å². The first-order chi connectivity index (χ1) is 8.99. The molecule has 0 aliphatic heterocycles. The number of carbonyl (C=O) groups excluding carboxylic acids is 1. The summed E-state index contributed by atoms with van der Waals surface area (Å²) in [5.41, 5.74) is 6.33. The van der Waals surface area contributed by atoms with Gasteiger partial charge in [-0.25, -0.2) is 0 Å². The van der Waals surface area contributed by atoms with E-state index in [-0.39, 0.29) is 31.3 Å². The highest BCUT2D eigenvalue weighted by molar-refractivity contribution is 5.73. The molecule has 2 atom stereocenters. The fraction of sp³-hybridized carbons (Fsp3) is 0.429. The zero-order valence-corrected chi connectivity index (χ0v) is 10.9. The highest BCUT2D eigenvalue weighted by Gasteiger charge is 2.18. The number of esters is 1. The number of carboxylic acids is 1. The van der Waals surface area contributed by atoms with Crippen molar-refractivity contribution in [1.82, 2.24) is 0 Å². The van der Waals surface area contributed by atoms with Crippen molar-refractivity contribution in [1.29, 1.82) is 0 Å². The fourth-order valence-electron chi connectivity index (χ4n) is 1.70. The minimum atomic E-state index is -1.05. The number of aliphatic carboxylic acids is 1. The number of hydrogen-bond donors (Lipinski definition) is 2. The summed E-state index contributed by atoms with van der Waals surface area (Å²) < 4.78 is 5.11. The zero-order chi connectivity index (χ0) is 14.3. The van der Waals surface area contributed by atoms with Crippen LogP contribution in [-0.2, 0) is 20.9 Å². The first kappa shape index (κ1) is 15.2. The van der Waals surface area contributed by atoms with Crippen molar-refractivity contribution in [3.8, 4) is 0 Å². The Hall–Kier alpha value is -1.88. The molecular formula is C14H19NO4. The first-order valence-electron chi connectivity index (χ1n) is 6.17. The molecule has 5 heteroatoms. The van der Waals surface area contributed by atoms with Crippen molar-refractivity contribution in [3.63, 3.8) is 0 Å². The molecule has 1 rings (SSSR count). The van der Waals surface area contributed by atoms with Crippen LogP contribution in [-0.4, -0.2) is 23.1 Å². The number of carboxylic acid groups (broad SMARTS) is 1. The van der Waals surface area contributed by atoms with Gasteiger partial charge in [-0.15, -0.1) is 0 Å². The van der Waals surface area contributed by atoms with Crippen molar-refractivity contribution >= 4 is 11.9 Å². The molecule has 0 aliphatic rings. The van der Waals surface area contributed by atoms with Crippen LogP contribution in [0.1, 0.15) is 25.3 Å². The number of benzene rings is 1. The van der Waals surface area contributed by atoms with Crippen LogP contribution in [0.15, 0.2) is 30.3 Å². The maximum atomic E-state index is 11.6. The fourth-order valence-corrected chi connectivity index (χ4v) is 1.70. The second-order valence-electron chi connectivity index (χ2n) is 4.64. The summed E-state index contributed by atoms with van der Waals surface area (Å²) in [6.07, 6.45) is 0.434. The molecule has 0 amide bonds. The van der Waals surface area contributed by atoms with Crippen LogP contribution in [0.5, 0.6) is 0 Å². The van der Waals surface area contributed by atoms with Gasteiger partial charge >= 0.3 is 11.9 Å². The summed E-state index contributed by atoms with van der Waals surface area (Å²) in [5, 5.41) is 8.68. The molecule has 3 N–H and O–H groups in total. The van der Waals surface area contributed by atoms with Crippen LogP contribution in [0, 0.1) is 5.92 Å². The molecule has 0 fully saturated rings. The van der Waals surface area contributed by atoms with Crippen molar-refractivity contribution < 1.29 is 19.4 Å². The van der Waals surface area contributed by atoms with Gasteiger partial charge in [0.15, 0.2) is 0 Å². The number of ether oxygens (including phenoxy) is 1. The molecule has 0 aliphatic carbocycles. The van der Waals surface area contributed by atoms with Crippen LogP contribution in [0.25, 0.3) is 0 Å². The highest BCUT2D eigenvalue weighted by Crippen LogP contribution is 2.11. The highest BCUT2D eigenvalue weighted by atomic mass is 16.5. The normalized spacial score (nSPS) is 13.6. The third-order valence-electron chi connectivity index (χ3n) is 2.73. The van der Waals surface area contributed by atoms with Gasteiger partial charge in [0.2, 0.25) is 0 Å². The smallest absolute Gasteiger partial charge is 0.320 e. The lowest BCUT2D eigenvalue weighted by Crippen LogP contribution is -2.32. The average molecular weight is 265 g/mol. The molecular weight excluding hydrogens is 246 g/mol. The number of carbonyl (C=O) groups is 2. The topological polar surface area (TPSA) is 89.6 Å². The Morgan fingerprint density at radius 2 is 1.95 bits per heavy atom. The minimum absolute atomic E-state index is 0.116. The van der Waals surface area contributed by atoms with Gasteiger partial charge in [-0.2, -0.15) is 0 Å². The Balaban J connectivity index is 2.29. The zero-order valence-electron chi connectivity index (χ0n) is 10.9. The number of nitrogens with two attached hydrogens (primary N) is 1.